The minimum atomic E-state index is -0.429. The molecule has 0 fully saturated rings. The highest BCUT2D eigenvalue weighted by Gasteiger charge is 2.28. The molecule has 0 aliphatic heterocycles. The van der Waals surface area contributed by atoms with E-state index in [-0.39, 0.29) is 17.8 Å². The second-order valence-corrected chi connectivity index (χ2v) is 4.58. The van der Waals surface area contributed by atoms with Crippen molar-refractivity contribution in [2.24, 2.45) is 16.3 Å². The van der Waals surface area contributed by atoms with Crippen molar-refractivity contribution in [1.82, 2.24) is 5.32 Å². The van der Waals surface area contributed by atoms with Gasteiger partial charge in [0, 0.05) is 5.41 Å². The van der Waals surface area contributed by atoms with Crippen LogP contribution in [0.3, 0.4) is 0 Å². The molecule has 0 aliphatic carbocycles. The van der Waals surface area contributed by atoms with Crippen LogP contribution in [-0.4, -0.2) is 23.0 Å². The quantitative estimate of drug-likeness (QED) is 0.279. The lowest BCUT2D eigenvalue weighted by Gasteiger charge is -2.25. The lowest BCUT2D eigenvalue weighted by molar-refractivity contribution is -0.129. The van der Waals surface area contributed by atoms with Crippen molar-refractivity contribution in [3.63, 3.8) is 0 Å². The molecule has 0 heterocycles. The summed E-state index contributed by atoms with van der Waals surface area (Å²) >= 11 is 0. The molecule has 0 saturated heterocycles. The van der Waals surface area contributed by atoms with E-state index in [2.05, 4.69) is 10.5 Å². The first kappa shape index (κ1) is 14.7. The van der Waals surface area contributed by atoms with Crippen molar-refractivity contribution in [1.29, 1.82) is 0 Å². The summed E-state index contributed by atoms with van der Waals surface area (Å²) in [5.41, 5.74) is 5.09. The summed E-state index contributed by atoms with van der Waals surface area (Å²) in [6.07, 6.45) is 2.27. The van der Waals surface area contributed by atoms with Gasteiger partial charge in [-0.15, -0.1) is 0 Å². The predicted octanol–water partition coefficient (Wildman–Crippen LogP) is 1.45. The van der Waals surface area contributed by atoms with Gasteiger partial charge in [-0.3, -0.25) is 4.79 Å². The first-order valence-electron chi connectivity index (χ1n) is 5.67. The number of carbonyl (C=O) groups is 1. The smallest absolute Gasteiger partial charge is 0.226 e. The van der Waals surface area contributed by atoms with Gasteiger partial charge in [0.25, 0.3) is 0 Å². The molecule has 0 aromatic rings. The maximum atomic E-state index is 11.9. The first-order chi connectivity index (χ1) is 7.38. The third-order valence-electron chi connectivity index (χ3n) is 2.85. The summed E-state index contributed by atoms with van der Waals surface area (Å²) in [5.74, 6) is -0.0119. The molecule has 1 unspecified atom stereocenters. The van der Waals surface area contributed by atoms with Crippen molar-refractivity contribution < 1.29 is 10.0 Å². The molecule has 0 aliphatic rings. The zero-order chi connectivity index (χ0) is 12.8. The van der Waals surface area contributed by atoms with E-state index < -0.39 is 5.41 Å². The Balaban J connectivity index is 4.58. The van der Waals surface area contributed by atoms with Crippen LogP contribution in [0.5, 0.6) is 0 Å². The van der Waals surface area contributed by atoms with Crippen molar-refractivity contribution in [3.05, 3.63) is 0 Å². The van der Waals surface area contributed by atoms with Crippen molar-refractivity contribution in [2.75, 3.05) is 0 Å². The van der Waals surface area contributed by atoms with Crippen LogP contribution in [0.2, 0.25) is 0 Å². The summed E-state index contributed by atoms with van der Waals surface area (Å²) in [7, 11) is 0. The van der Waals surface area contributed by atoms with Gasteiger partial charge < -0.3 is 16.3 Å². The molecule has 1 atom stereocenters. The molecule has 5 heteroatoms. The molecule has 0 saturated carbocycles. The number of nitrogens with zero attached hydrogens (tertiary/aromatic N) is 1. The van der Waals surface area contributed by atoms with E-state index >= 15 is 0 Å². The van der Waals surface area contributed by atoms with Crippen LogP contribution in [0.1, 0.15) is 47.0 Å². The fourth-order valence-electron chi connectivity index (χ4n) is 1.17. The van der Waals surface area contributed by atoms with Crippen LogP contribution in [0.15, 0.2) is 5.16 Å². The Bertz CT molecular complexity index is 262. The predicted molar refractivity (Wildman–Crippen MR) is 64.3 cm³/mol. The number of amidine groups is 1. The average molecular weight is 229 g/mol. The third-order valence-corrected chi connectivity index (χ3v) is 2.85. The number of hydrogen-bond donors (Lipinski definition) is 3. The number of rotatable bonds is 6. The Labute approximate surface area is 97.1 Å². The first-order valence-corrected chi connectivity index (χ1v) is 5.67. The highest BCUT2D eigenvalue weighted by Crippen LogP contribution is 2.20. The highest BCUT2D eigenvalue weighted by atomic mass is 16.4. The zero-order valence-electron chi connectivity index (χ0n) is 10.6. The monoisotopic (exact) mass is 229 g/mol. The summed E-state index contributed by atoms with van der Waals surface area (Å²) in [4.78, 5) is 11.9. The summed E-state index contributed by atoms with van der Waals surface area (Å²) in [6.45, 7) is 7.68. The molecule has 0 bridgehead atoms. The Morgan fingerprint density at radius 1 is 1.50 bits per heavy atom. The van der Waals surface area contributed by atoms with Gasteiger partial charge in [-0.25, -0.2) is 0 Å². The number of hydrogen-bond acceptors (Lipinski definition) is 3. The van der Waals surface area contributed by atoms with E-state index in [4.69, 9.17) is 10.9 Å². The van der Waals surface area contributed by atoms with Crippen LogP contribution in [-0.2, 0) is 4.79 Å². The normalized spacial score (nSPS) is 14.6. The SMILES string of the molecule is CCCC(NC(=O)C(C)(C)CC)C(N)=NO. The molecule has 16 heavy (non-hydrogen) atoms. The zero-order valence-corrected chi connectivity index (χ0v) is 10.6. The van der Waals surface area contributed by atoms with Crippen LogP contribution < -0.4 is 11.1 Å². The van der Waals surface area contributed by atoms with E-state index in [9.17, 15) is 4.79 Å². The lowest BCUT2D eigenvalue weighted by atomic mass is 9.89. The fraction of sp³-hybridized carbons (Fsp3) is 0.818. The minimum Gasteiger partial charge on any atom is -0.409 e. The summed E-state index contributed by atoms with van der Waals surface area (Å²) in [6, 6.07) is -0.381. The number of carbonyl (C=O) groups excluding carboxylic acids is 1. The van der Waals surface area contributed by atoms with E-state index in [1.165, 1.54) is 0 Å². The highest BCUT2D eigenvalue weighted by molar-refractivity contribution is 5.91. The molecule has 0 rings (SSSR count). The van der Waals surface area contributed by atoms with Gasteiger partial charge in [-0.1, -0.05) is 39.3 Å². The van der Waals surface area contributed by atoms with E-state index in [1.54, 1.807) is 0 Å². The Morgan fingerprint density at radius 3 is 2.44 bits per heavy atom. The Morgan fingerprint density at radius 2 is 2.06 bits per heavy atom. The molecule has 0 aromatic heterocycles. The van der Waals surface area contributed by atoms with Gasteiger partial charge in [0.2, 0.25) is 5.91 Å². The third kappa shape index (κ3) is 4.08. The molecule has 0 aromatic carbocycles. The van der Waals surface area contributed by atoms with Gasteiger partial charge in [-0.05, 0) is 12.8 Å². The standard InChI is InChI=1S/C11H23N3O2/c1-5-7-8(9(12)14-16)13-10(15)11(3,4)6-2/h8,16H,5-7H2,1-4H3,(H2,12,14)(H,13,15). The van der Waals surface area contributed by atoms with Crippen LogP contribution in [0.4, 0.5) is 0 Å². The van der Waals surface area contributed by atoms with Crippen molar-refractivity contribution >= 4 is 11.7 Å². The summed E-state index contributed by atoms with van der Waals surface area (Å²) < 4.78 is 0. The van der Waals surface area contributed by atoms with Crippen LogP contribution >= 0.6 is 0 Å². The average Bonchev–Trinajstić information content (AvgIpc) is 2.27. The number of oxime groups is 1. The van der Waals surface area contributed by atoms with Crippen molar-refractivity contribution in [2.45, 2.75) is 53.0 Å². The number of nitrogens with two attached hydrogens (primary N) is 1. The summed E-state index contributed by atoms with van der Waals surface area (Å²) in [5, 5.41) is 14.4. The van der Waals surface area contributed by atoms with Crippen LogP contribution in [0, 0.1) is 5.41 Å². The van der Waals surface area contributed by atoms with Gasteiger partial charge in [0.1, 0.15) is 0 Å². The Hall–Kier alpha value is -1.26. The largest absolute Gasteiger partial charge is 0.409 e. The number of amides is 1. The van der Waals surface area contributed by atoms with Crippen molar-refractivity contribution in [3.8, 4) is 0 Å². The van der Waals surface area contributed by atoms with E-state index in [1.807, 2.05) is 27.7 Å². The molecule has 0 spiro atoms. The molecule has 94 valence electrons. The van der Waals surface area contributed by atoms with Gasteiger partial charge in [0.15, 0.2) is 5.84 Å². The molecule has 1 amide bonds. The fourth-order valence-corrected chi connectivity index (χ4v) is 1.17. The van der Waals surface area contributed by atoms with Gasteiger partial charge in [-0.2, -0.15) is 0 Å². The molecule has 5 nitrogen and oxygen atoms in total. The van der Waals surface area contributed by atoms with E-state index in [0.29, 0.717) is 6.42 Å². The second kappa shape index (κ2) is 6.35. The molecular formula is C11H23N3O2. The Kier molecular flexibility index (Phi) is 5.85. The molecule has 0 radical (unpaired) electrons. The minimum absolute atomic E-state index is 0.0575. The topological polar surface area (TPSA) is 87.7 Å². The van der Waals surface area contributed by atoms with Gasteiger partial charge in [0.05, 0.1) is 6.04 Å². The maximum Gasteiger partial charge on any atom is 0.226 e. The number of nitrogens with one attached hydrogen (secondary N) is 1. The lowest BCUT2D eigenvalue weighted by Crippen LogP contribution is -2.48. The second-order valence-electron chi connectivity index (χ2n) is 4.58. The van der Waals surface area contributed by atoms with E-state index in [0.717, 1.165) is 12.8 Å². The molecular weight excluding hydrogens is 206 g/mol. The van der Waals surface area contributed by atoms with Gasteiger partial charge >= 0.3 is 0 Å². The molecule has 4 N–H and O–H groups in total. The van der Waals surface area contributed by atoms with Crippen LogP contribution in [0.25, 0.3) is 0 Å². The maximum absolute atomic E-state index is 11.9.